The SMILES string of the molecule is CCN(C(=O)c1cc(Cl)cc(Cl)c1)C1CCNC1. The molecule has 1 amide bonds. The molecule has 1 aromatic rings. The molecule has 0 aromatic heterocycles. The number of carbonyl (C=O) groups excluding carboxylic acids is 1. The number of rotatable bonds is 3. The van der Waals surface area contributed by atoms with E-state index in [0.717, 1.165) is 19.5 Å². The van der Waals surface area contributed by atoms with Crippen LogP contribution in [0.2, 0.25) is 10.0 Å². The van der Waals surface area contributed by atoms with Gasteiger partial charge in [0.25, 0.3) is 5.91 Å². The highest BCUT2D eigenvalue weighted by Crippen LogP contribution is 2.21. The van der Waals surface area contributed by atoms with Crippen molar-refractivity contribution in [2.24, 2.45) is 0 Å². The van der Waals surface area contributed by atoms with Crippen molar-refractivity contribution in [2.75, 3.05) is 19.6 Å². The highest BCUT2D eigenvalue weighted by molar-refractivity contribution is 6.35. The van der Waals surface area contributed by atoms with E-state index in [1.165, 1.54) is 0 Å². The molecule has 3 nitrogen and oxygen atoms in total. The average molecular weight is 287 g/mol. The van der Waals surface area contributed by atoms with Gasteiger partial charge in [-0.3, -0.25) is 4.79 Å². The Kier molecular flexibility index (Phi) is 4.49. The van der Waals surface area contributed by atoms with Crippen LogP contribution in [-0.2, 0) is 0 Å². The number of nitrogens with zero attached hydrogens (tertiary/aromatic N) is 1. The summed E-state index contributed by atoms with van der Waals surface area (Å²) in [7, 11) is 0. The van der Waals surface area contributed by atoms with Crippen LogP contribution in [0.4, 0.5) is 0 Å². The quantitative estimate of drug-likeness (QED) is 0.927. The minimum atomic E-state index is -0.00407. The molecule has 2 rings (SSSR count). The zero-order chi connectivity index (χ0) is 13.1. The van der Waals surface area contributed by atoms with Crippen molar-refractivity contribution in [2.45, 2.75) is 19.4 Å². The average Bonchev–Trinajstić information content (AvgIpc) is 2.82. The molecule has 1 aromatic carbocycles. The summed E-state index contributed by atoms with van der Waals surface area (Å²) in [5, 5.41) is 4.25. The van der Waals surface area contributed by atoms with Gasteiger partial charge in [0, 0.05) is 34.7 Å². The van der Waals surface area contributed by atoms with E-state index in [0.29, 0.717) is 22.2 Å². The summed E-state index contributed by atoms with van der Waals surface area (Å²) in [4.78, 5) is 14.3. The van der Waals surface area contributed by atoms with Crippen molar-refractivity contribution in [3.8, 4) is 0 Å². The number of nitrogens with one attached hydrogen (secondary N) is 1. The maximum Gasteiger partial charge on any atom is 0.254 e. The first kappa shape index (κ1) is 13.7. The number of hydrogen-bond acceptors (Lipinski definition) is 2. The van der Waals surface area contributed by atoms with Crippen molar-refractivity contribution in [3.63, 3.8) is 0 Å². The second-order valence-electron chi connectivity index (χ2n) is 4.40. The first-order valence-electron chi connectivity index (χ1n) is 6.09. The fraction of sp³-hybridized carbons (Fsp3) is 0.462. The van der Waals surface area contributed by atoms with E-state index in [2.05, 4.69) is 5.32 Å². The molecule has 0 radical (unpaired) electrons. The van der Waals surface area contributed by atoms with Gasteiger partial charge in [0.1, 0.15) is 0 Å². The van der Waals surface area contributed by atoms with Gasteiger partial charge in [-0.15, -0.1) is 0 Å². The zero-order valence-corrected chi connectivity index (χ0v) is 11.8. The second kappa shape index (κ2) is 5.91. The Morgan fingerprint density at radius 2 is 2.06 bits per heavy atom. The molecule has 1 fully saturated rings. The smallest absolute Gasteiger partial charge is 0.254 e. The Morgan fingerprint density at radius 1 is 1.39 bits per heavy atom. The summed E-state index contributed by atoms with van der Waals surface area (Å²) in [6, 6.07) is 5.23. The lowest BCUT2D eigenvalue weighted by Crippen LogP contribution is -2.41. The molecule has 1 unspecified atom stereocenters. The molecule has 1 atom stereocenters. The van der Waals surface area contributed by atoms with Crippen LogP contribution in [0.25, 0.3) is 0 Å². The summed E-state index contributed by atoms with van der Waals surface area (Å²) >= 11 is 11.9. The monoisotopic (exact) mass is 286 g/mol. The third kappa shape index (κ3) is 2.97. The number of amides is 1. The minimum Gasteiger partial charge on any atom is -0.335 e. The fourth-order valence-corrected chi connectivity index (χ4v) is 2.84. The lowest BCUT2D eigenvalue weighted by molar-refractivity contribution is 0.0704. The van der Waals surface area contributed by atoms with Crippen LogP contribution in [0.5, 0.6) is 0 Å². The van der Waals surface area contributed by atoms with Crippen LogP contribution in [0.1, 0.15) is 23.7 Å². The summed E-state index contributed by atoms with van der Waals surface area (Å²) in [5.74, 6) is -0.00407. The Hall–Kier alpha value is -0.770. The molecule has 0 bridgehead atoms. The predicted octanol–water partition coefficient (Wildman–Crippen LogP) is 2.82. The van der Waals surface area contributed by atoms with Gasteiger partial charge in [0.15, 0.2) is 0 Å². The maximum absolute atomic E-state index is 12.4. The number of likely N-dealkylation sites (N-methyl/N-ethyl adjacent to an activating group) is 1. The Morgan fingerprint density at radius 3 is 2.56 bits per heavy atom. The number of hydrogen-bond donors (Lipinski definition) is 1. The zero-order valence-electron chi connectivity index (χ0n) is 10.2. The molecule has 1 saturated heterocycles. The van der Waals surface area contributed by atoms with Gasteiger partial charge in [-0.25, -0.2) is 0 Å². The van der Waals surface area contributed by atoms with E-state index in [9.17, 15) is 4.79 Å². The fourth-order valence-electron chi connectivity index (χ4n) is 2.32. The lowest BCUT2D eigenvalue weighted by Gasteiger charge is -2.27. The summed E-state index contributed by atoms with van der Waals surface area (Å²) in [5.41, 5.74) is 0.557. The van der Waals surface area contributed by atoms with Crippen LogP contribution >= 0.6 is 23.2 Å². The predicted molar refractivity (Wildman–Crippen MR) is 74.4 cm³/mol. The lowest BCUT2D eigenvalue weighted by atomic mass is 10.1. The molecule has 1 heterocycles. The van der Waals surface area contributed by atoms with Crippen LogP contribution < -0.4 is 5.32 Å². The Labute approximate surface area is 117 Å². The van der Waals surface area contributed by atoms with Gasteiger partial charge in [-0.1, -0.05) is 23.2 Å². The summed E-state index contributed by atoms with van der Waals surface area (Å²) in [6.07, 6.45) is 0.994. The molecule has 1 aliphatic rings. The van der Waals surface area contributed by atoms with Gasteiger partial charge >= 0.3 is 0 Å². The third-order valence-corrected chi connectivity index (χ3v) is 3.62. The van der Waals surface area contributed by atoms with E-state index in [-0.39, 0.29) is 11.9 Å². The van der Waals surface area contributed by atoms with Gasteiger partial charge < -0.3 is 10.2 Å². The molecular formula is C13H16Cl2N2O. The highest BCUT2D eigenvalue weighted by atomic mass is 35.5. The largest absolute Gasteiger partial charge is 0.335 e. The van der Waals surface area contributed by atoms with Gasteiger partial charge in [-0.2, -0.15) is 0 Å². The highest BCUT2D eigenvalue weighted by Gasteiger charge is 2.26. The first-order chi connectivity index (χ1) is 8.61. The van der Waals surface area contributed by atoms with Crippen LogP contribution in [0.3, 0.4) is 0 Å². The second-order valence-corrected chi connectivity index (χ2v) is 5.27. The van der Waals surface area contributed by atoms with Crippen LogP contribution in [0.15, 0.2) is 18.2 Å². The van der Waals surface area contributed by atoms with Crippen molar-refractivity contribution < 1.29 is 4.79 Å². The minimum absolute atomic E-state index is 0.00407. The molecular weight excluding hydrogens is 271 g/mol. The van der Waals surface area contributed by atoms with Crippen molar-refractivity contribution in [1.29, 1.82) is 0 Å². The molecule has 1 N–H and O–H groups in total. The summed E-state index contributed by atoms with van der Waals surface area (Å²) in [6.45, 7) is 4.50. The maximum atomic E-state index is 12.4. The van der Waals surface area contributed by atoms with E-state index in [1.807, 2.05) is 11.8 Å². The third-order valence-electron chi connectivity index (χ3n) is 3.19. The molecule has 0 saturated carbocycles. The number of carbonyl (C=O) groups is 1. The molecule has 18 heavy (non-hydrogen) atoms. The topological polar surface area (TPSA) is 32.3 Å². The first-order valence-corrected chi connectivity index (χ1v) is 6.85. The molecule has 1 aliphatic heterocycles. The number of halogens is 2. The van der Waals surface area contributed by atoms with Crippen LogP contribution in [-0.4, -0.2) is 36.5 Å². The molecule has 5 heteroatoms. The standard InChI is InChI=1S/C13H16Cl2N2O/c1-2-17(12-3-4-16-8-12)13(18)9-5-10(14)7-11(15)6-9/h5-7,12,16H,2-4,8H2,1H3. The molecule has 0 aliphatic carbocycles. The molecule has 98 valence electrons. The molecule has 0 spiro atoms. The van der Waals surface area contributed by atoms with Crippen molar-refractivity contribution >= 4 is 29.1 Å². The number of benzene rings is 1. The van der Waals surface area contributed by atoms with Gasteiger partial charge in [0.2, 0.25) is 0 Å². The van der Waals surface area contributed by atoms with E-state index in [4.69, 9.17) is 23.2 Å². The Bertz CT molecular complexity index is 424. The van der Waals surface area contributed by atoms with Crippen LogP contribution in [0, 0.1) is 0 Å². The summed E-state index contributed by atoms with van der Waals surface area (Å²) < 4.78 is 0. The van der Waals surface area contributed by atoms with Gasteiger partial charge in [0.05, 0.1) is 0 Å². The van der Waals surface area contributed by atoms with E-state index in [1.54, 1.807) is 18.2 Å². The van der Waals surface area contributed by atoms with Crippen molar-refractivity contribution in [1.82, 2.24) is 10.2 Å². The Balaban J connectivity index is 2.22. The normalized spacial score (nSPS) is 18.9. The van der Waals surface area contributed by atoms with Crippen molar-refractivity contribution in [3.05, 3.63) is 33.8 Å². The van der Waals surface area contributed by atoms with E-state index < -0.39 is 0 Å². The van der Waals surface area contributed by atoms with E-state index >= 15 is 0 Å². The van der Waals surface area contributed by atoms with Gasteiger partial charge in [-0.05, 0) is 38.1 Å².